The van der Waals surface area contributed by atoms with Gasteiger partial charge in [0, 0.05) is 19.5 Å². The second-order valence-corrected chi connectivity index (χ2v) is 5.33. The van der Waals surface area contributed by atoms with Crippen molar-refractivity contribution in [2.75, 3.05) is 53.6 Å². The van der Waals surface area contributed by atoms with Gasteiger partial charge < -0.3 is 23.9 Å². The molecule has 0 saturated carbocycles. The number of nitrogens with zero attached hydrogens (tertiary/aromatic N) is 1. The lowest BCUT2D eigenvalue weighted by Gasteiger charge is -2.36. The number of carboxylic acids is 1. The number of carbonyl (C=O) groups is 1. The summed E-state index contributed by atoms with van der Waals surface area (Å²) in [6.45, 7) is 8.77. The second kappa shape index (κ2) is 11.9. The highest BCUT2D eigenvalue weighted by molar-refractivity contribution is 5.64. The first-order valence-corrected chi connectivity index (χ1v) is 7.25. The highest BCUT2D eigenvalue weighted by Crippen LogP contribution is 2.15. The highest BCUT2D eigenvalue weighted by atomic mass is 16.5. The average Bonchev–Trinajstić information content (AvgIpc) is 2.40. The number of carbonyl (C=O) groups excluding carboxylic acids is 1. The predicted molar refractivity (Wildman–Crippen MR) is 77.2 cm³/mol. The van der Waals surface area contributed by atoms with Crippen LogP contribution in [0.5, 0.6) is 0 Å². The van der Waals surface area contributed by atoms with E-state index in [9.17, 15) is 9.90 Å². The third-order valence-corrected chi connectivity index (χ3v) is 3.35. The topological polar surface area (TPSA) is 58.6 Å². The summed E-state index contributed by atoms with van der Waals surface area (Å²) in [5.74, 6) is -1.09. The second-order valence-electron chi connectivity index (χ2n) is 5.33. The summed E-state index contributed by atoms with van der Waals surface area (Å²) in [6.07, 6.45) is 6.24. The van der Waals surface area contributed by atoms with E-state index < -0.39 is 5.97 Å². The Kier molecular flexibility index (Phi) is 11.3. The van der Waals surface area contributed by atoms with Gasteiger partial charge in [-0.05, 0) is 25.3 Å². The lowest BCUT2D eigenvalue weighted by atomic mass is 10.1. The third-order valence-electron chi connectivity index (χ3n) is 3.35. The normalized spacial score (nSPS) is 16.9. The Morgan fingerprint density at radius 1 is 1.25 bits per heavy atom. The van der Waals surface area contributed by atoms with Crippen molar-refractivity contribution in [3.05, 3.63) is 12.7 Å². The first-order valence-electron chi connectivity index (χ1n) is 7.25. The van der Waals surface area contributed by atoms with Gasteiger partial charge in [0.2, 0.25) is 0 Å². The summed E-state index contributed by atoms with van der Waals surface area (Å²) >= 11 is 0. The van der Waals surface area contributed by atoms with E-state index in [0.717, 1.165) is 6.54 Å². The van der Waals surface area contributed by atoms with E-state index in [4.69, 9.17) is 4.74 Å². The molecule has 1 rings (SSSR count). The minimum Gasteiger partial charge on any atom is -0.550 e. The summed E-state index contributed by atoms with van der Waals surface area (Å²) in [7, 11) is 3.89. The zero-order chi connectivity index (χ0) is 15.3. The number of piperidine rings is 1. The van der Waals surface area contributed by atoms with Crippen molar-refractivity contribution in [1.82, 2.24) is 0 Å². The van der Waals surface area contributed by atoms with Gasteiger partial charge in [0.05, 0.1) is 46.5 Å². The number of carboxylic acid groups (broad SMARTS) is 1. The maximum absolute atomic E-state index is 9.81. The van der Waals surface area contributed by atoms with Crippen LogP contribution in [0.4, 0.5) is 0 Å². The number of hydrogen-bond acceptors (Lipinski definition) is 4. The average molecular weight is 287 g/mol. The molecule has 0 spiro atoms. The van der Waals surface area contributed by atoms with Gasteiger partial charge >= 0.3 is 0 Å². The van der Waals surface area contributed by atoms with Gasteiger partial charge in [-0.3, -0.25) is 0 Å². The third kappa shape index (κ3) is 11.0. The van der Waals surface area contributed by atoms with Gasteiger partial charge in [-0.1, -0.05) is 6.58 Å². The van der Waals surface area contributed by atoms with E-state index in [0.29, 0.717) is 13.2 Å². The van der Waals surface area contributed by atoms with Crippen LogP contribution >= 0.6 is 0 Å². The minimum absolute atomic E-state index is 0.0519. The van der Waals surface area contributed by atoms with Crippen LogP contribution in [-0.2, 0) is 14.3 Å². The molecule has 1 aliphatic rings. The predicted octanol–water partition coefficient (Wildman–Crippen LogP) is 0.592. The molecule has 5 nitrogen and oxygen atoms in total. The maximum Gasteiger partial charge on any atom is 0.0969 e. The van der Waals surface area contributed by atoms with E-state index >= 15 is 0 Å². The number of likely N-dealkylation sites (N-methyl/N-ethyl adjacent to an activating group) is 1. The fourth-order valence-corrected chi connectivity index (χ4v) is 2.17. The van der Waals surface area contributed by atoms with Gasteiger partial charge in [-0.25, -0.2) is 0 Å². The van der Waals surface area contributed by atoms with Gasteiger partial charge in [-0.15, -0.1) is 0 Å². The molecule has 0 aromatic rings. The summed E-state index contributed by atoms with van der Waals surface area (Å²) < 4.78 is 10.7. The summed E-state index contributed by atoms with van der Waals surface area (Å²) in [5, 5.41) is 9.81. The zero-order valence-corrected chi connectivity index (χ0v) is 12.9. The lowest BCUT2D eigenvalue weighted by Crippen LogP contribution is -2.47. The quantitative estimate of drug-likeness (QED) is 0.372. The summed E-state index contributed by atoms with van der Waals surface area (Å²) in [5.41, 5.74) is 0. The summed E-state index contributed by atoms with van der Waals surface area (Å²) in [4.78, 5) is 9.81. The van der Waals surface area contributed by atoms with E-state index in [1.807, 2.05) is 6.08 Å². The van der Waals surface area contributed by atoms with Crippen molar-refractivity contribution in [3.8, 4) is 0 Å². The Hall–Kier alpha value is -0.910. The standard InChI is InChI=1S/C9H18N.C6H12O4/c1-3-7-10(2)8-5-4-6-9-10;1-9-4-5-10-3-2-6(7)8/h3H,1,4-9H2,2H3;2-5H2,1H3,(H,7,8)/q+1;/p-1. The molecule has 0 radical (unpaired) electrons. The smallest absolute Gasteiger partial charge is 0.0969 e. The van der Waals surface area contributed by atoms with Crippen molar-refractivity contribution in [2.24, 2.45) is 0 Å². The lowest BCUT2D eigenvalue weighted by molar-refractivity contribution is -0.908. The molecule has 118 valence electrons. The number of aliphatic carboxylic acids is 1. The van der Waals surface area contributed by atoms with E-state index in [-0.39, 0.29) is 13.0 Å². The fourth-order valence-electron chi connectivity index (χ4n) is 2.17. The molecule has 5 heteroatoms. The SMILES string of the molecule is C=CC[N+]1(C)CCCCC1.COCCOCCC(=O)[O-]. The fraction of sp³-hybridized carbons (Fsp3) is 0.800. The van der Waals surface area contributed by atoms with E-state index in [1.165, 1.54) is 36.8 Å². The minimum atomic E-state index is -1.09. The first kappa shape index (κ1) is 19.1. The molecule has 0 unspecified atom stereocenters. The van der Waals surface area contributed by atoms with Crippen LogP contribution in [0.2, 0.25) is 0 Å². The summed E-state index contributed by atoms with van der Waals surface area (Å²) in [6, 6.07) is 0. The van der Waals surface area contributed by atoms with Crippen LogP contribution < -0.4 is 5.11 Å². The largest absolute Gasteiger partial charge is 0.550 e. The van der Waals surface area contributed by atoms with Crippen LogP contribution in [0.3, 0.4) is 0 Å². The molecule has 0 aromatic heterocycles. The molecule has 0 atom stereocenters. The number of methoxy groups -OCH3 is 1. The van der Waals surface area contributed by atoms with Crippen molar-refractivity contribution in [2.45, 2.75) is 25.7 Å². The van der Waals surface area contributed by atoms with Crippen LogP contribution in [0.25, 0.3) is 0 Å². The monoisotopic (exact) mass is 287 g/mol. The Morgan fingerprint density at radius 2 is 1.90 bits per heavy atom. The molecule has 0 amide bonds. The molecule has 20 heavy (non-hydrogen) atoms. The van der Waals surface area contributed by atoms with Gasteiger partial charge in [0.15, 0.2) is 0 Å². The number of hydrogen-bond donors (Lipinski definition) is 0. The Morgan fingerprint density at radius 3 is 2.40 bits per heavy atom. The number of ether oxygens (including phenoxy) is 2. The molecule has 0 N–H and O–H groups in total. The van der Waals surface area contributed by atoms with Crippen LogP contribution in [0.1, 0.15) is 25.7 Å². The molecule has 1 fully saturated rings. The molecule has 0 bridgehead atoms. The van der Waals surface area contributed by atoms with Gasteiger partial charge in [0.25, 0.3) is 0 Å². The maximum atomic E-state index is 9.81. The van der Waals surface area contributed by atoms with E-state index in [1.54, 1.807) is 7.11 Å². The zero-order valence-electron chi connectivity index (χ0n) is 12.9. The van der Waals surface area contributed by atoms with Gasteiger partial charge in [-0.2, -0.15) is 0 Å². The number of quaternary nitrogens is 1. The van der Waals surface area contributed by atoms with Crippen LogP contribution in [0.15, 0.2) is 12.7 Å². The number of rotatable bonds is 8. The first-order chi connectivity index (χ1) is 9.54. The van der Waals surface area contributed by atoms with Crippen molar-refractivity contribution >= 4 is 5.97 Å². The van der Waals surface area contributed by atoms with Crippen LogP contribution in [-0.4, -0.2) is 64.1 Å². The molecular formula is C15H29NO4. The van der Waals surface area contributed by atoms with E-state index in [2.05, 4.69) is 18.4 Å². The Balaban J connectivity index is 0.000000361. The molecule has 1 heterocycles. The molecule has 0 aliphatic carbocycles. The highest BCUT2D eigenvalue weighted by Gasteiger charge is 2.22. The van der Waals surface area contributed by atoms with Gasteiger partial charge in [0.1, 0.15) is 0 Å². The van der Waals surface area contributed by atoms with Crippen molar-refractivity contribution < 1.29 is 23.9 Å². The van der Waals surface area contributed by atoms with Crippen molar-refractivity contribution in [1.29, 1.82) is 0 Å². The van der Waals surface area contributed by atoms with Crippen molar-refractivity contribution in [3.63, 3.8) is 0 Å². The molecule has 0 aromatic carbocycles. The van der Waals surface area contributed by atoms with Crippen LogP contribution in [0, 0.1) is 0 Å². The molecule has 1 aliphatic heterocycles. The Labute approximate surface area is 122 Å². The Bertz CT molecular complexity index is 263. The number of likely N-dealkylation sites (tertiary alicyclic amines) is 1. The molecule has 1 saturated heterocycles. The molecular weight excluding hydrogens is 258 g/mol.